The molecule has 1 aliphatic rings. The number of fused-ring (bicyclic) bond motifs is 1. The molecule has 1 fully saturated rings. The Labute approximate surface area is 129 Å². The summed E-state index contributed by atoms with van der Waals surface area (Å²) in [7, 11) is 0. The number of benzene rings is 1. The Hall–Kier alpha value is -2.32. The smallest absolute Gasteiger partial charge is 0.251 e. The average Bonchev–Trinajstić information content (AvgIpc) is 3.06. The number of nitrogens with zero attached hydrogens (tertiary/aromatic N) is 2. The summed E-state index contributed by atoms with van der Waals surface area (Å²) < 4.78 is 0.721. The second kappa shape index (κ2) is 5.82. The molecule has 2 aromatic rings. The first-order valence-corrected chi connectivity index (χ1v) is 7.57. The van der Waals surface area contributed by atoms with E-state index in [-0.39, 0.29) is 43.7 Å². The number of carbonyl (C=O) groups excluding carboxylic acids is 3. The van der Waals surface area contributed by atoms with E-state index < -0.39 is 0 Å². The van der Waals surface area contributed by atoms with Crippen molar-refractivity contribution in [1.82, 2.24) is 10.3 Å². The highest BCUT2D eigenvalue weighted by Gasteiger charge is 2.32. The molecule has 0 spiro atoms. The van der Waals surface area contributed by atoms with Gasteiger partial charge in [0.2, 0.25) is 11.8 Å². The van der Waals surface area contributed by atoms with Crippen LogP contribution in [-0.4, -0.2) is 41.0 Å². The number of thiazole rings is 1. The van der Waals surface area contributed by atoms with Crippen LogP contribution in [0.1, 0.15) is 23.2 Å². The highest BCUT2D eigenvalue weighted by Crippen LogP contribution is 2.32. The van der Waals surface area contributed by atoms with Crippen LogP contribution in [0, 0.1) is 0 Å². The van der Waals surface area contributed by atoms with E-state index in [1.807, 2.05) is 0 Å². The van der Waals surface area contributed by atoms with E-state index in [1.54, 1.807) is 18.2 Å². The molecule has 0 radical (unpaired) electrons. The van der Waals surface area contributed by atoms with Crippen molar-refractivity contribution in [3.8, 4) is 0 Å². The monoisotopic (exact) mass is 319 g/mol. The Kier molecular flexibility index (Phi) is 3.86. The molecule has 0 atom stereocenters. The largest absolute Gasteiger partial charge is 0.395 e. The topological polar surface area (TPSA) is 99.6 Å². The first kappa shape index (κ1) is 14.6. The second-order valence-electron chi connectivity index (χ2n) is 4.78. The highest BCUT2D eigenvalue weighted by atomic mass is 32.1. The van der Waals surface area contributed by atoms with Gasteiger partial charge >= 0.3 is 0 Å². The fourth-order valence-corrected chi connectivity index (χ4v) is 3.25. The number of hydrogen-bond donors (Lipinski definition) is 2. The van der Waals surface area contributed by atoms with Gasteiger partial charge in [0, 0.05) is 24.9 Å². The number of rotatable bonds is 4. The molecule has 3 amide bonds. The molecular weight excluding hydrogens is 306 g/mol. The van der Waals surface area contributed by atoms with Crippen molar-refractivity contribution in [1.29, 1.82) is 0 Å². The van der Waals surface area contributed by atoms with Crippen molar-refractivity contribution in [3.05, 3.63) is 23.8 Å². The average molecular weight is 319 g/mol. The molecule has 1 saturated heterocycles. The van der Waals surface area contributed by atoms with E-state index >= 15 is 0 Å². The van der Waals surface area contributed by atoms with Gasteiger partial charge in [-0.05, 0) is 18.2 Å². The first-order chi connectivity index (χ1) is 10.6. The van der Waals surface area contributed by atoms with Crippen LogP contribution < -0.4 is 10.2 Å². The van der Waals surface area contributed by atoms with Crippen LogP contribution in [0.3, 0.4) is 0 Å². The van der Waals surface area contributed by atoms with Crippen LogP contribution in [0.15, 0.2) is 18.2 Å². The van der Waals surface area contributed by atoms with Crippen LogP contribution in [0.2, 0.25) is 0 Å². The van der Waals surface area contributed by atoms with E-state index in [0.717, 1.165) is 9.60 Å². The third-order valence-electron chi connectivity index (χ3n) is 3.28. The van der Waals surface area contributed by atoms with Crippen LogP contribution in [0.25, 0.3) is 10.2 Å². The zero-order valence-corrected chi connectivity index (χ0v) is 12.4. The Balaban J connectivity index is 1.92. The molecule has 1 aromatic carbocycles. The number of aromatic nitrogens is 1. The minimum absolute atomic E-state index is 0.127. The fraction of sp³-hybridized carbons (Fsp3) is 0.286. The number of hydrogen-bond acceptors (Lipinski definition) is 6. The zero-order chi connectivity index (χ0) is 15.7. The number of carbonyl (C=O) groups is 3. The number of anilines is 1. The third kappa shape index (κ3) is 2.58. The van der Waals surface area contributed by atoms with Crippen molar-refractivity contribution in [3.63, 3.8) is 0 Å². The zero-order valence-electron chi connectivity index (χ0n) is 11.5. The minimum atomic E-state index is -0.292. The summed E-state index contributed by atoms with van der Waals surface area (Å²) in [6.07, 6.45) is 0.424. The summed E-state index contributed by atoms with van der Waals surface area (Å²) in [4.78, 5) is 40.7. The normalized spacial score (nSPS) is 14.9. The lowest BCUT2D eigenvalue weighted by molar-refractivity contribution is -0.121. The van der Waals surface area contributed by atoms with Gasteiger partial charge < -0.3 is 10.4 Å². The molecule has 114 valence electrons. The molecule has 3 rings (SSSR count). The van der Waals surface area contributed by atoms with Gasteiger partial charge in [-0.15, -0.1) is 0 Å². The summed E-state index contributed by atoms with van der Waals surface area (Å²) in [6, 6.07) is 4.95. The molecule has 0 saturated carbocycles. The molecular formula is C14H13N3O4S. The number of amides is 3. The van der Waals surface area contributed by atoms with Gasteiger partial charge in [-0.2, -0.15) is 0 Å². The van der Waals surface area contributed by atoms with Crippen molar-refractivity contribution in [2.45, 2.75) is 12.8 Å². The van der Waals surface area contributed by atoms with Gasteiger partial charge in [-0.25, -0.2) is 9.88 Å². The summed E-state index contributed by atoms with van der Waals surface area (Å²) in [6.45, 7) is 0.0550. The van der Waals surface area contributed by atoms with Crippen molar-refractivity contribution < 1.29 is 19.5 Å². The number of nitrogens with one attached hydrogen (secondary N) is 1. The Morgan fingerprint density at radius 2 is 2.05 bits per heavy atom. The SMILES string of the molecule is O=C(NCCO)c1ccc2nc(N3C(=O)CCC3=O)sc2c1. The maximum Gasteiger partial charge on any atom is 0.251 e. The number of aliphatic hydroxyl groups excluding tert-OH is 1. The number of aliphatic hydroxyl groups is 1. The molecule has 1 aromatic heterocycles. The van der Waals surface area contributed by atoms with Gasteiger partial charge in [0.25, 0.3) is 5.91 Å². The fourth-order valence-electron chi connectivity index (χ4n) is 2.21. The summed E-state index contributed by atoms with van der Waals surface area (Å²) >= 11 is 1.20. The molecule has 2 N–H and O–H groups in total. The summed E-state index contributed by atoms with van der Waals surface area (Å²) in [5, 5.41) is 11.6. The summed E-state index contributed by atoms with van der Waals surface area (Å²) in [5.41, 5.74) is 1.07. The van der Waals surface area contributed by atoms with Crippen LogP contribution >= 0.6 is 11.3 Å². The Morgan fingerprint density at radius 1 is 1.32 bits per heavy atom. The number of imide groups is 1. The molecule has 8 heteroatoms. The predicted molar refractivity (Wildman–Crippen MR) is 80.8 cm³/mol. The Bertz CT molecular complexity index is 755. The van der Waals surface area contributed by atoms with E-state index in [9.17, 15) is 14.4 Å². The molecule has 1 aliphatic heterocycles. The van der Waals surface area contributed by atoms with Crippen molar-refractivity contribution in [2.24, 2.45) is 0 Å². The lowest BCUT2D eigenvalue weighted by Gasteiger charge is -2.07. The van der Waals surface area contributed by atoms with Gasteiger partial charge in [-0.3, -0.25) is 14.4 Å². The standard InChI is InChI=1S/C14H13N3O4S/c18-6-5-15-13(21)8-1-2-9-10(7-8)22-14(16-9)17-11(19)3-4-12(17)20/h1-2,7,18H,3-6H2,(H,15,21). The Morgan fingerprint density at radius 3 is 2.73 bits per heavy atom. The lowest BCUT2D eigenvalue weighted by Crippen LogP contribution is -2.28. The summed E-state index contributed by atoms with van der Waals surface area (Å²) in [5.74, 6) is -0.783. The maximum atomic E-state index is 11.9. The van der Waals surface area contributed by atoms with Crippen LogP contribution in [0.5, 0.6) is 0 Å². The van der Waals surface area contributed by atoms with Crippen LogP contribution in [0.4, 0.5) is 5.13 Å². The van der Waals surface area contributed by atoms with Gasteiger partial charge in [0.05, 0.1) is 16.8 Å². The van der Waals surface area contributed by atoms with E-state index in [4.69, 9.17) is 5.11 Å². The van der Waals surface area contributed by atoms with Gasteiger partial charge in [-0.1, -0.05) is 11.3 Å². The van der Waals surface area contributed by atoms with E-state index in [1.165, 1.54) is 11.3 Å². The van der Waals surface area contributed by atoms with E-state index in [0.29, 0.717) is 16.2 Å². The van der Waals surface area contributed by atoms with Crippen LogP contribution in [-0.2, 0) is 9.59 Å². The van der Waals surface area contributed by atoms with E-state index in [2.05, 4.69) is 10.3 Å². The predicted octanol–water partition coefficient (Wildman–Crippen LogP) is 0.672. The molecule has 0 bridgehead atoms. The molecule has 2 heterocycles. The quantitative estimate of drug-likeness (QED) is 0.807. The first-order valence-electron chi connectivity index (χ1n) is 6.75. The molecule has 7 nitrogen and oxygen atoms in total. The third-order valence-corrected chi connectivity index (χ3v) is 4.28. The second-order valence-corrected chi connectivity index (χ2v) is 5.79. The van der Waals surface area contributed by atoms with Gasteiger partial charge in [0.15, 0.2) is 5.13 Å². The highest BCUT2D eigenvalue weighted by molar-refractivity contribution is 7.22. The molecule has 0 aliphatic carbocycles. The molecule has 0 unspecified atom stereocenters. The minimum Gasteiger partial charge on any atom is -0.395 e. The molecule has 22 heavy (non-hydrogen) atoms. The van der Waals surface area contributed by atoms with Crippen molar-refractivity contribution in [2.75, 3.05) is 18.1 Å². The van der Waals surface area contributed by atoms with Crippen molar-refractivity contribution >= 4 is 44.4 Å². The maximum absolute atomic E-state index is 11.9. The van der Waals surface area contributed by atoms with Gasteiger partial charge in [0.1, 0.15) is 0 Å². The lowest BCUT2D eigenvalue weighted by atomic mass is 10.2.